The van der Waals surface area contributed by atoms with Crippen LogP contribution in [0.5, 0.6) is 5.75 Å². The van der Waals surface area contributed by atoms with Gasteiger partial charge in [-0.05, 0) is 105 Å². The first-order chi connectivity index (χ1) is 24.5. The van der Waals surface area contributed by atoms with Crippen LogP contribution in [0.15, 0.2) is 85.5 Å². The normalized spacial score (nSPS) is 19.9. The Kier molecular flexibility index (Phi) is 8.82. The van der Waals surface area contributed by atoms with Gasteiger partial charge in [0.05, 0.1) is 41.4 Å². The third kappa shape index (κ3) is 6.37. The summed E-state index contributed by atoms with van der Waals surface area (Å²) in [6.45, 7) is 5.93. The highest BCUT2D eigenvalue weighted by atomic mass is 19.1. The molecule has 2 aliphatic rings. The van der Waals surface area contributed by atoms with Crippen LogP contribution in [0.3, 0.4) is 0 Å². The molecule has 2 saturated heterocycles. The molecule has 0 saturated carbocycles. The molecule has 9 heteroatoms. The maximum atomic E-state index is 14.4. The van der Waals surface area contributed by atoms with Gasteiger partial charge in [-0.1, -0.05) is 37.3 Å². The molecular formula is C41H43FN7O+. The number of aromatic nitrogens is 4. The van der Waals surface area contributed by atoms with E-state index in [1.165, 1.54) is 53.5 Å². The number of benzene rings is 2. The monoisotopic (exact) mass is 668 g/mol. The fourth-order valence-electron chi connectivity index (χ4n) is 8.06. The molecule has 2 unspecified atom stereocenters. The topological polar surface area (TPSA) is 105 Å². The molecule has 254 valence electrons. The molecule has 4 aromatic heterocycles. The number of halogens is 1. The summed E-state index contributed by atoms with van der Waals surface area (Å²) in [5, 5.41) is 18.9. The first kappa shape index (κ1) is 32.2. The first-order valence-electron chi connectivity index (χ1n) is 17.8. The van der Waals surface area contributed by atoms with Crippen molar-refractivity contribution in [1.82, 2.24) is 25.6 Å². The Bertz CT molecular complexity index is 2180. The number of nitrogens with one attached hydrogen (secondary N) is 4. The van der Waals surface area contributed by atoms with Crippen molar-refractivity contribution in [2.45, 2.75) is 51.6 Å². The summed E-state index contributed by atoms with van der Waals surface area (Å²) in [6, 6.07) is 21.4. The SMILES string of the molecule is CC1(COc2ccnc3[nH]cc(-c4cc(F)cc(C#N)c4)c23)CCNC([n+]2ccc(CCC3CCNCC3)c3c(-c4ccccc4)c[nH]c32)C1. The number of pyridine rings is 2. The molecule has 2 aliphatic heterocycles. The predicted octanol–water partition coefficient (Wildman–Crippen LogP) is 7.58. The molecule has 6 aromatic rings. The van der Waals surface area contributed by atoms with Crippen molar-refractivity contribution in [3.63, 3.8) is 0 Å². The van der Waals surface area contributed by atoms with Crippen molar-refractivity contribution in [3.8, 4) is 34.1 Å². The fourth-order valence-corrected chi connectivity index (χ4v) is 8.06. The van der Waals surface area contributed by atoms with Crippen molar-refractivity contribution < 1.29 is 13.7 Å². The van der Waals surface area contributed by atoms with Crippen LogP contribution in [0.2, 0.25) is 0 Å². The lowest BCUT2D eigenvalue weighted by Gasteiger charge is -2.37. The van der Waals surface area contributed by atoms with Crippen LogP contribution in [0.25, 0.3) is 44.3 Å². The maximum Gasteiger partial charge on any atom is 0.288 e. The second-order valence-electron chi connectivity index (χ2n) is 14.4. The van der Waals surface area contributed by atoms with Crippen LogP contribution in [-0.4, -0.2) is 41.2 Å². The Hall–Kier alpha value is -5.04. The smallest absolute Gasteiger partial charge is 0.288 e. The standard InChI is InChI=1S/C41H42FN7O/c1-41(26-50-35-11-16-46-39-38(35)34(24-47-39)31-19-28(23-43)20-32(42)21-31)13-17-45-36(22-41)49-18-12-30(8-7-27-9-14-44-15-10-27)37-33(25-48-40(37)49)29-5-3-2-4-6-29/h2-6,11-12,16,18-21,24-25,27,36,44-45H,7-10,13-15,17,22,26H2,1H3,(H,46,47)/p+1. The number of hydrogen-bond acceptors (Lipinski definition) is 5. The van der Waals surface area contributed by atoms with Gasteiger partial charge in [0.15, 0.2) is 6.17 Å². The van der Waals surface area contributed by atoms with Crippen LogP contribution in [0, 0.1) is 28.5 Å². The zero-order valence-corrected chi connectivity index (χ0v) is 28.4. The number of ether oxygens (including phenoxy) is 1. The number of aromatic amines is 2. The number of nitrogens with zero attached hydrogens (tertiary/aromatic N) is 3. The van der Waals surface area contributed by atoms with Gasteiger partial charge < -0.3 is 15.0 Å². The van der Waals surface area contributed by atoms with E-state index in [0.717, 1.165) is 61.4 Å². The van der Waals surface area contributed by atoms with E-state index in [1.807, 2.05) is 6.07 Å². The van der Waals surface area contributed by atoms with Gasteiger partial charge in [0.2, 0.25) is 0 Å². The number of rotatable bonds is 9. The summed E-state index contributed by atoms with van der Waals surface area (Å²) in [5.41, 5.74) is 7.21. The lowest BCUT2D eigenvalue weighted by atomic mass is 9.80. The van der Waals surface area contributed by atoms with Gasteiger partial charge >= 0.3 is 0 Å². The molecule has 0 radical (unpaired) electrons. The fraction of sp³-hybridized carbons (Fsp3) is 0.341. The lowest BCUT2D eigenvalue weighted by molar-refractivity contribution is -0.710. The lowest BCUT2D eigenvalue weighted by Crippen LogP contribution is -2.54. The molecule has 6 heterocycles. The van der Waals surface area contributed by atoms with E-state index in [2.05, 4.69) is 91.9 Å². The molecule has 50 heavy (non-hydrogen) atoms. The summed E-state index contributed by atoms with van der Waals surface area (Å²) < 4.78 is 23.5. The van der Waals surface area contributed by atoms with Crippen LogP contribution in [0.4, 0.5) is 4.39 Å². The van der Waals surface area contributed by atoms with Crippen LogP contribution < -0.4 is 19.9 Å². The van der Waals surface area contributed by atoms with Gasteiger partial charge in [-0.15, -0.1) is 0 Å². The zero-order chi connectivity index (χ0) is 34.1. The van der Waals surface area contributed by atoms with Gasteiger partial charge in [0.1, 0.15) is 17.2 Å². The number of aryl methyl sites for hydroxylation is 1. The van der Waals surface area contributed by atoms with Crippen molar-refractivity contribution in [1.29, 1.82) is 5.26 Å². The molecule has 2 aromatic carbocycles. The molecule has 0 aliphatic carbocycles. The molecule has 0 amide bonds. The molecular weight excluding hydrogens is 625 g/mol. The number of piperidine rings is 2. The van der Waals surface area contributed by atoms with E-state index in [-0.39, 0.29) is 17.1 Å². The Morgan fingerprint density at radius 3 is 2.64 bits per heavy atom. The van der Waals surface area contributed by atoms with Crippen LogP contribution >= 0.6 is 0 Å². The summed E-state index contributed by atoms with van der Waals surface area (Å²) in [6.07, 6.45) is 14.7. The second-order valence-corrected chi connectivity index (χ2v) is 14.4. The number of nitriles is 1. The van der Waals surface area contributed by atoms with E-state index in [0.29, 0.717) is 23.6 Å². The molecule has 0 bridgehead atoms. The molecule has 2 fully saturated rings. The van der Waals surface area contributed by atoms with E-state index in [4.69, 9.17) is 4.74 Å². The van der Waals surface area contributed by atoms with E-state index >= 15 is 0 Å². The largest absolute Gasteiger partial charge is 0.492 e. The van der Waals surface area contributed by atoms with Gasteiger partial charge in [0.25, 0.3) is 5.65 Å². The highest BCUT2D eigenvalue weighted by Crippen LogP contribution is 2.39. The van der Waals surface area contributed by atoms with E-state index in [9.17, 15) is 9.65 Å². The van der Waals surface area contributed by atoms with E-state index < -0.39 is 5.82 Å². The minimum absolute atomic E-state index is 0.0811. The number of H-pyrrole nitrogens is 2. The summed E-state index contributed by atoms with van der Waals surface area (Å²) >= 11 is 0. The Balaban J connectivity index is 1.07. The highest BCUT2D eigenvalue weighted by molar-refractivity contribution is 5.98. The zero-order valence-electron chi connectivity index (χ0n) is 28.4. The van der Waals surface area contributed by atoms with Crippen molar-refractivity contribution in [2.24, 2.45) is 11.3 Å². The second kappa shape index (κ2) is 13.7. The van der Waals surface area contributed by atoms with Gasteiger partial charge in [-0.2, -0.15) is 5.26 Å². The van der Waals surface area contributed by atoms with Crippen molar-refractivity contribution in [3.05, 3.63) is 102 Å². The third-order valence-electron chi connectivity index (χ3n) is 10.8. The van der Waals surface area contributed by atoms with Gasteiger partial charge in [-0.3, -0.25) is 5.32 Å². The van der Waals surface area contributed by atoms with E-state index in [1.54, 1.807) is 18.5 Å². The van der Waals surface area contributed by atoms with Crippen molar-refractivity contribution in [2.75, 3.05) is 26.2 Å². The number of hydrogen-bond donors (Lipinski definition) is 4. The molecule has 0 spiro atoms. The Morgan fingerprint density at radius 2 is 1.80 bits per heavy atom. The Labute approximate surface area is 291 Å². The molecule has 8 rings (SSSR count). The first-order valence-corrected chi connectivity index (χ1v) is 17.8. The van der Waals surface area contributed by atoms with Crippen molar-refractivity contribution >= 4 is 22.1 Å². The molecule has 2 atom stereocenters. The predicted molar refractivity (Wildman–Crippen MR) is 194 cm³/mol. The van der Waals surface area contributed by atoms with Gasteiger partial charge in [-0.25, -0.2) is 18.9 Å². The third-order valence-corrected chi connectivity index (χ3v) is 10.8. The molecule has 8 nitrogen and oxygen atoms in total. The maximum absolute atomic E-state index is 14.4. The highest BCUT2D eigenvalue weighted by Gasteiger charge is 2.37. The summed E-state index contributed by atoms with van der Waals surface area (Å²) in [4.78, 5) is 11.4. The minimum atomic E-state index is -0.451. The average molecular weight is 669 g/mol. The average Bonchev–Trinajstić information content (AvgIpc) is 3.80. The van der Waals surface area contributed by atoms with Crippen LogP contribution in [0.1, 0.15) is 56.3 Å². The summed E-state index contributed by atoms with van der Waals surface area (Å²) in [5.74, 6) is 1.01. The van der Waals surface area contributed by atoms with Crippen LogP contribution in [-0.2, 0) is 6.42 Å². The minimum Gasteiger partial charge on any atom is -0.492 e. The molecule has 4 N–H and O–H groups in total. The Morgan fingerprint density at radius 1 is 0.980 bits per heavy atom. The number of fused-ring (bicyclic) bond motifs is 2. The van der Waals surface area contributed by atoms with Gasteiger partial charge in [0, 0.05) is 35.4 Å². The summed E-state index contributed by atoms with van der Waals surface area (Å²) in [7, 11) is 0. The quantitative estimate of drug-likeness (QED) is 0.119.